The molecule has 0 fully saturated rings. The molecule has 0 aliphatic rings. The van der Waals surface area contributed by atoms with Gasteiger partial charge in [-0.15, -0.1) is 0 Å². The minimum Gasteiger partial charge on any atom is -0.316 e. The maximum absolute atomic E-state index is 13.7. The van der Waals surface area contributed by atoms with Gasteiger partial charge in [-0.25, -0.2) is 8.78 Å². The average molecular weight is 255 g/mol. The summed E-state index contributed by atoms with van der Waals surface area (Å²) in [4.78, 5) is 0. The van der Waals surface area contributed by atoms with E-state index in [4.69, 9.17) is 0 Å². The number of nitrogens with one attached hydrogen (secondary N) is 1. The second-order valence-electron chi connectivity index (χ2n) is 5.92. The Kier molecular flexibility index (Phi) is 4.85. The van der Waals surface area contributed by atoms with E-state index < -0.39 is 11.6 Å². The monoisotopic (exact) mass is 255 g/mol. The van der Waals surface area contributed by atoms with Crippen LogP contribution >= 0.6 is 0 Å². The van der Waals surface area contributed by atoms with Crippen molar-refractivity contribution in [3.63, 3.8) is 0 Å². The molecule has 102 valence electrons. The molecule has 1 atom stereocenters. The summed E-state index contributed by atoms with van der Waals surface area (Å²) in [5.41, 5.74) is 0.925. The molecule has 3 heteroatoms. The fourth-order valence-electron chi connectivity index (χ4n) is 2.19. The predicted octanol–water partition coefficient (Wildman–Crippen LogP) is 3.84. The summed E-state index contributed by atoms with van der Waals surface area (Å²) >= 11 is 0. The largest absolute Gasteiger partial charge is 0.316 e. The van der Waals surface area contributed by atoms with E-state index in [9.17, 15) is 8.78 Å². The molecule has 1 aromatic rings. The molecule has 1 unspecified atom stereocenters. The van der Waals surface area contributed by atoms with Gasteiger partial charge in [-0.05, 0) is 43.4 Å². The van der Waals surface area contributed by atoms with Crippen LogP contribution in [0.3, 0.4) is 0 Å². The van der Waals surface area contributed by atoms with Crippen LogP contribution in [0.1, 0.15) is 38.3 Å². The topological polar surface area (TPSA) is 12.0 Å². The van der Waals surface area contributed by atoms with Gasteiger partial charge in [0.15, 0.2) is 11.6 Å². The second-order valence-corrected chi connectivity index (χ2v) is 5.92. The van der Waals surface area contributed by atoms with Gasteiger partial charge in [0.25, 0.3) is 0 Å². The van der Waals surface area contributed by atoms with Crippen LogP contribution in [0.2, 0.25) is 0 Å². The first-order valence-corrected chi connectivity index (χ1v) is 6.38. The van der Waals surface area contributed by atoms with Gasteiger partial charge in [0.2, 0.25) is 0 Å². The van der Waals surface area contributed by atoms with E-state index in [1.54, 1.807) is 19.1 Å². The van der Waals surface area contributed by atoms with Gasteiger partial charge in [0.1, 0.15) is 0 Å². The Labute approximate surface area is 109 Å². The van der Waals surface area contributed by atoms with Crippen molar-refractivity contribution >= 4 is 0 Å². The van der Waals surface area contributed by atoms with Crippen molar-refractivity contribution in [1.82, 2.24) is 5.32 Å². The van der Waals surface area contributed by atoms with Gasteiger partial charge in [0, 0.05) is 6.04 Å². The van der Waals surface area contributed by atoms with Crippen LogP contribution in [-0.2, 0) is 6.42 Å². The Balaban J connectivity index is 2.78. The van der Waals surface area contributed by atoms with Crippen molar-refractivity contribution in [2.75, 3.05) is 7.05 Å². The zero-order valence-corrected chi connectivity index (χ0v) is 11.9. The van der Waals surface area contributed by atoms with Crippen LogP contribution in [0.5, 0.6) is 0 Å². The van der Waals surface area contributed by atoms with E-state index in [0.29, 0.717) is 17.5 Å². The minimum atomic E-state index is -0.718. The van der Waals surface area contributed by atoms with E-state index >= 15 is 0 Å². The summed E-state index contributed by atoms with van der Waals surface area (Å²) in [6, 6.07) is 3.60. The van der Waals surface area contributed by atoms with Crippen molar-refractivity contribution < 1.29 is 8.78 Å². The zero-order chi connectivity index (χ0) is 13.9. The molecule has 0 spiro atoms. The lowest BCUT2D eigenvalue weighted by molar-refractivity contribution is 0.267. The molecular formula is C15H23F2N. The maximum atomic E-state index is 13.7. The lowest BCUT2D eigenvalue weighted by Crippen LogP contribution is -2.38. The third-order valence-corrected chi connectivity index (χ3v) is 3.45. The van der Waals surface area contributed by atoms with Crippen LogP contribution < -0.4 is 5.32 Å². The average Bonchev–Trinajstić information content (AvgIpc) is 2.28. The van der Waals surface area contributed by atoms with Crippen molar-refractivity contribution in [3.05, 3.63) is 34.9 Å². The van der Waals surface area contributed by atoms with Gasteiger partial charge >= 0.3 is 0 Å². The lowest BCUT2D eigenvalue weighted by Gasteiger charge is -2.30. The number of benzene rings is 1. The molecule has 18 heavy (non-hydrogen) atoms. The van der Waals surface area contributed by atoms with Crippen LogP contribution in [0.25, 0.3) is 0 Å². The standard InChI is InChI=1S/C15H23F2N/c1-10-6-7-11(14(17)13(10)16)8-9-12(18-5)15(2,3)4/h6-7,12,18H,8-9H2,1-5H3. The van der Waals surface area contributed by atoms with Gasteiger partial charge < -0.3 is 5.32 Å². The summed E-state index contributed by atoms with van der Waals surface area (Å²) < 4.78 is 27.2. The Morgan fingerprint density at radius 3 is 2.28 bits per heavy atom. The van der Waals surface area contributed by atoms with Gasteiger partial charge in [-0.1, -0.05) is 32.9 Å². The number of halogens is 2. The maximum Gasteiger partial charge on any atom is 0.162 e. The molecular weight excluding hydrogens is 232 g/mol. The Bertz CT molecular complexity index is 408. The predicted molar refractivity (Wildman–Crippen MR) is 71.7 cm³/mol. The molecule has 1 nitrogen and oxygen atoms in total. The molecule has 1 N–H and O–H groups in total. The number of rotatable bonds is 4. The van der Waals surface area contributed by atoms with Gasteiger partial charge in [0.05, 0.1) is 0 Å². The Hall–Kier alpha value is -0.960. The van der Waals surface area contributed by atoms with Crippen molar-refractivity contribution in [1.29, 1.82) is 0 Å². The second kappa shape index (κ2) is 5.79. The highest BCUT2D eigenvalue weighted by molar-refractivity contribution is 5.25. The third-order valence-electron chi connectivity index (χ3n) is 3.45. The minimum absolute atomic E-state index is 0.106. The first kappa shape index (κ1) is 15.1. The van der Waals surface area contributed by atoms with E-state index in [-0.39, 0.29) is 11.5 Å². The summed E-state index contributed by atoms with van der Waals surface area (Å²) in [5, 5.41) is 3.24. The smallest absolute Gasteiger partial charge is 0.162 e. The number of hydrogen-bond donors (Lipinski definition) is 1. The van der Waals surface area contributed by atoms with Crippen LogP contribution in [0, 0.1) is 24.0 Å². The SMILES string of the molecule is CNC(CCc1ccc(C)c(F)c1F)C(C)(C)C. The molecule has 0 saturated carbocycles. The Morgan fingerprint density at radius 1 is 1.17 bits per heavy atom. The molecule has 0 amide bonds. The quantitative estimate of drug-likeness (QED) is 0.862. The zero-order valence-electron chi connectivity index (χ0n) is 11.9. The van der Waals surface area contributed by atoms with Crippen LogP contribution in [0.4, 0.5) is 8.78 Å². The van der Waals surface area contributed by atoms with Crippen molar-refractivity contribution in [3.8, 4) is 0 Å². The van der Waals surface area contributed by atoms with Crippen LogP contribution in [-0.4, -0.2) is 13.1 Å². The Morgan fingerprint density at radius 2 is 1.78 bits per heavy atom. The molecule has 0 aliphatic heterocycles. The molecule has 0 aliphatic carbocycles. The highest BCUT2D eigenvalue weighted by Gasteiger charge is 2.23. The highest BCUT2D eigenvalue weighted by atomic mass is 19.2. The van der Waals surface area contributed by atoms with Crippen molar-refractivity contribution in [2.45, 2.75) is 46.6 Å². The molecule has 0 aromatic heterocycles. The third kappa shape index (κ3) is 3.52. The molecule has 0 bridgehead atoms. The van der Waals surface area contributed by atoms with Gasteiger partial charge in [-0.3, -0.25) is 0 Å². The number of aryl methyl sites for hydroxylation is 2. The van der Waals surface area contributed by atoms with Gasteiger partial charge in [-0.2, -0.15) is 0 Å². The summed E-state index contributed by atoms with van der Waals surface area (Å²) in [5.74, 6) is -1.41. The van der Waals surface area contributed by atoms with Crippen molar-refractivity contribution in [2.24, 2.45) is 5.41 Å². The molecule has 1 rings (SSSR count). The summed E-state index contributed by atoms with van der Waals surface area (Å²) in [6.45, 7) is 7.99. The molecule has 0 heterocycles. The molecule has 1 aromatic carbocycles. The fourth-order valence-corrected chi connectivity index (χ4v) is 2.19. The highest BCUT2D eigenvalue weighted by Crippen LogP contribution is 2.24. The number of hydrogen-bond acceptors (Lipinski definition) is 1. The van der Waals surface area contributed by atoms with E-state index in [1.807, 2.05) is 7.05 Å². The summed E-state index contributed by atoms with van der Waals surface area (Å²) in [6.07, 6.45) is 1.34. The fraction of sp³-hybridized carbons (Fsp3) is 0.600. The molecule has 0 radical (unpaired) electrons. The molecule has 0 saturated heterocycles. The normalized spacial score (nSPS) is 13.7. The lowest BCUT2D eigenvalue weighted by atomic mass is 9.83. The van der Waals surface area contributed by atoms with E-state index in [0.717, 1.165) is 6.42 Å². The van der Waals surface area contributed by atoms with Crippen LogP contribution in [0.15, 0.2) is 12.1 Å². The first-order chi connectivity index (χ1) is 8.27. The summed E-state index contributed by atoms with van der Waals surface area (Å²) in [7, 11) is 1.90. The van der Waals surface area contributed by atoms with E-state index in [1.165, 1.54) is 0 Å². The van der Waals surface area contributed by atoms with E-state index in [2.05, 4.69) is 26.1 Å². The first-order valence-electron chi connectivity index (χ1n) is 6.38.